The molecule has 1 aromatic carbocycles. The second-order valence-corrected chi connectivity index (χ2v) is 5.29. The third-order valence-electron chi connectivity index (χ3n) is 3.96. The minimum Gasteiger partial charge on any atom is -0.338 e. The number of fused-ring (bicyclic) bond motifs is 1. The molecule has 1 unspecified atom stereocenters. The molecule has 3 rings (SSSR count). The summed E-state index contributed by atoms with van der Waals surface area (Å²) in [4.78, 5) is 18.7. The molecule has 1 aliphatic heterocycles. The molecule has 0 N–H and O–H groups in total. The van der Waals surface area contributed by atoms with E-state index >= 15 is 0 Å². The van der Waals surface area contributed by atoms with Crippen LogP contribution < -0.4 is 0 Å². The molecule has 1 saturated heterocycles. The van der Waals surface area contributed by atoms with E-state index in [2.05, 4.69) is 11.9 Å². The highest BCUT2D eigenvalue weighted by Gasteiger charge is 2.23. The lowest BCUT2D eigenvalue weighted by Crippen LogP contribution is -2.43. The van der Waals surface area contributed by atoms with Crippen molar-refractivity contribution in [2.75, 3.05) is 6.54 Å². The average Bonchev–Trinajstić information content (AvgIpc) is 2.83. The Morgan fingerprint density at radius 2 is 2.21 bits per heavy atom. The van der Waals surface area contributed by atoms with Crippen LogP contribution in [0, 0.1) is 0 Å². The summed E-state index contributed by atoms with van der Waals surface area (Å²) in [6.45, 7) is 3.43. The summed E-state index contributed by atoms with van der Waals surface area (Å²) in [6.07, 6.45) is 5.24. The van der Waals surface area contributed by atoms with Crippen molar-refractivity contribution in [2.24, 2.45) is 0 Å². The number of rotatable bonds is 2. The first-order valence-corrected chi connectivity index (χ1v) is 6.95. The topological polar surface area (TPSA) is 38.1 Å². The van der Waals surface area contributed by atoms with E-state index in [0.717, 1.165) is 30.4 Å². The predicted molar refractivity (Wildman–Crippen MR) is 74.8 cm³/mol. The zero-order valence-corrected chi connectivity index (χ0v) is 11.2. The highest BCUT2D eigenvalue weighted by atomic mass is 16.2. The lowest BCUT2D eigenvalue weighted by Gasteiger charge is -2.33. The first kappa shape index (κ1) is 12.2. The van der Waals surface area contributed by atoms with E-state index in [1.165, 1.54) is 6.42 Å². The van der Waals surface area contributed by atoms with Crippen molar-refractivity contribution in [3.63, 3.8) is 0 Å². The third-order valence-corrected chi connectivity index (χ3v) is 3.96. The van der Waals surface area contributed by atoms with E-state index in [0.29, 0.717) is 12.6 Å². The SMILES string of the molecule is CC1CCCCN1C(=O)Cn1cnc2ccccc21. The number of para-hydroxylation sites is 2. The van der Waals surface area contributed by atoms with Gasteiger partial charge in [0.25, 0.3) is 0 Å². The molecule has 2 heterocycles. The van der Waals surface area contributed by atoms with Gasteiger partial charge in [-0.15, -0.1) is 0 Å². The van der Waals surface area contributed by atoms with Gasteiger partial charge < -0.3 is 9.47 Å². The van der Waals surface area contributed by atoms with Gasteiger partial charge in [0.2, 0.25) is 5.91 Å². The van der Waals surface area contributed by atoms with Gasteiger partial charge in [-0.1, -0.05) is 12.1 Å². The van der Waals surface area contributed by atoms with Crippen LogP contribution in [0.4, 0.5) is 0 Å². The molecule has 0 aliphatic carbocycles. The molecule has 4 nitrogen and oxygen atoms in total. The minimum atomic E-state index is 0.204. The molecule has 0 bridgehead atoms. The number of hydrogen-bond acceptors (Lipinski definition) is 2. The normalized spacial score (nSPS) is 19.8. The molecule has 0 saturated carbocycles. The van der Waals surface area contributed by atoms with Gasteiger partial charge in [0.1, 0.15) is 6.54 Å². The maximum Gasteiger partial charge on any atom is 0.242 e. The highest BCUT2D eigenvalue weighted by Crippen LogP contribution is 2.18. The molecule has 1 amide bonds. The van der Waals surface area contributed by atoms with E-state index in [4.69, 9.17) is 0 Å². The number of carbonyl (C=O) groups is 1. The van der Waals surface area contributed by atoms with E-state index in [1.807, 2.05) is 33.7 Å². The van der Waals surface area contributed by atoms with Crippen LogP contribution in [0.5, 0.6) is 0 Å². The summed E-state index contributed by atoms with van der Waals surface area (Å²) in [5, 5.41) is 0. The lowest BCUT2D eigenvalue weighted by atomic mass is 10.0. The molecular formula is C15H19N3O. The van der Waals surface area contributed by atoms with Crippen LogP contribution in [0.2, 0.25) is 0 Å². The van der Waals surface area contributed by atoms with Crippen LogP contribution in [-0.2, 0) is 11.3 Å². The fourth-order valence-corrected chi connectivity index (χ4v) is 2.84. The minimum absolute atomic E-state index is 0.204. The molecule has 1 aliphatic rings. The maximum atomic E-state index is 12.4. The van der Waals surface area contributed by atoms with Crippen molar-refractivity contribution in [3.05, 3.63) is 30.6 Å². The third kappa shape index (κ3) is 2.35. The molecule has 2 aromatic rings. The van der Waals surface area contributed by atoms with Gasteiger partial charge in [0, 0.05) is 12.6 Å². The number of nitrogens with zero attached hydrogens (tertiary/aromatic N) is 3. The van der Waals surface area contributed by atoms with Gasteiger partial charge in [-0.25, -0.2) is 4.98 Å². The fourth-order valence-electron chi connectivity index (χ4n) is 2.84. The van der Waals surface area contributed by atoms with Gasteiger partial charge in [0.05, 0.1) is 17.4 Å². The van der Waals surface area contributed by atoms with Crippen LogP contribution in [0.15, 0.2) is 30.6 Å². The quantitative estimate of drug-likeness (QED) is 0.828. The zero-order chi connectivity index (χ0) is 13.2. The number of hydrogen-bond donors (Lipinski definition) is 0. The summed E-state index contributed by atoms with van der Waals surface area (Å²) in [7, 11) is 0. The Kier molecular flexibility index (Phi) is 3.23. The second kappa shape index (κ2) is 5.03. The van der Waals surface area contributed by atoms with Crippen molar-refractivity contribution in [2.45, 2.75) is 38.8 Å². The molecule has 4 heteroatoms. The Labute approximate surface area is 113 Å². The van der Waals surface area contributed by atoms with Crippen LogP contribution in [0.25, 0.3) is 11.0 Å². The number of piperidine rings is 1. The number of imidazole rings is 1. The number of amides is 1. The van der Waals surface area contributed by atoms with Gasteiger partial charge in [-0.2, -0.15) is 0 Å². The average molecular weight is 257 g/mol. The summed E-state index contributed by atoms with van der Waals surface area (Å²) >= 11 is 0. The smallest absolute Gasteiger partial charge is 0.242 e. The molecule has 19 heavy (non-hydrogen) atoms. The molecule has 1 fully saturated rings. The van der Waals surface area contributed by atoms with Crippen LogP contribution in [-0.4, -0.2) is 32.9 Å². The number of likely N-dealkylation sites (tertiary alicyclic amines) is 1. The summed E-state index contributed by atoms with van der Waals surface area (Å²) in [5.74, 6) is 0.204. The highest BCUT2D eigenvalue weighted by molar-refractivity contribution is 5.80. The monoisotopic (exact) mass is 257 g/mol. The number of aromatic nitrogens is 2. The lowest BCUT2D eigenvalue weighted by molar-refractivity contribution is -0.135. The van der Waals surface area contributed by atoms with Gasteiger partial charge >= 0.3 is 0 Å². The first-order chi connectivity index (χ1) is 9.25. The molecule has 0 radical (unpaired) electrons. The zero-order valence-electron chi connectivity index (χ0n) is 11.2. The van der Waals surface area contributed by atoms with Crippen molar-refractivity contribution < 1.29 is 4.79 Å². The van der Waals surface area contributed by atoms with Crippen LogP contribution in [0.3, 0.4) is 0 Å². The van der Waals surface area contributed by atoms with Crippen LogP contribution in [0.1, 0.15) is 26.2 Å². The Morgan fingerprint density at radius 1 is 1.37 bits per heavy atom. The van der Waals surface area contributed by atoms with E-state index in [9.17, 15) is 4.79 Å². The van der Waals surface area contributed by atoms with Gasteiger partial charge in [0.15, 0.2) is 0 Å². The Hall–Kier alpha value is -1.84. The van der Waals surface area contributed by atoms with E-state index in [1.54, 1.807) is 6.33 Å². The second-order valence-electron chi connectivity index (χ2n) is 5.29. The Bertz CT molecular complexity index is 590. The maximum absolute atomic E-state index is 12.4. The predicted octanol–water partition coefficient (Wildman–Crippen LogP) is 2.44. The molecule has 1 atom stereocenters. The molecule has 1 aromatic heterocycles. The Balaban J connectivity index is 1.79. The van der Waals surface area contributed by atoms with Crippen LogP contribution >= 0.6 is 0 Å². The fraction of sp³-hybridized carbons (Fsp3) is 0.467. The summed E-state index contributed by atoms with van der Waals surface area (Å²) < 4.78 is 1.94. The first-order valence-electron chi connectivity index (χ1n) is 6.95. The number of carbonyl (C=O) groups excluding carboxylic acids is 1. The molecular weight excluding hydrogens is 238 g/mol. The largest absolute Gasteiger partial charge is 0.338 e. The van der Waals surface area contributed by atoms with Crippen molar-refractivity contribution in [1.29, 1.82) is 0 Å². The standard InChI is InChI=1S/C15H19N3O/c1-12-6-4-5-9-18(12)15(19)10-17-11-16-13-7-2-3-8-14(13)17/h2-3,7-8,11-12H,4-6,9-10H2,1H3. The van der Waals surface area contributed by atoms with Crippen molar-refractivity contribution in [1.82, 2.24) is 14.5 Å². The summed E-state index contributed by atoms with van der Waals surface area (Å²) in [6, 6.07) is 8.30. The van der Waals surface area contributed by atoms with E-state index < -0.39 is 0 Å². The van der Waals surface area contributed by atoms with E-state index in [-0.39, 0.29) is 5.91 Å². The molecule has 100 valence electrons. The van der Waals surface area contributed by atoms with Gasteiger partial charge in [-0.3, -0.25) is 4.79 Å². The Morgan fingerprint density at radius 3 is 3.05 bits per heavy atom. The summed E-state index contributed by atoms with van der Waals surface area (Å²) in [5.41, 5.74) is 1.97. The van der Waals surface area contributed by atoms with Gasteiger partial charge in [-0.05, 0) is 38.3 Å². The molecule has 0 spiro atoms. The van der Waals surface area contributed by atoms with Crippen molar-refractivity contribution >= 4 is 16.9 Å². The van der Waals surface area contributed by atoms with Crippen molar-refractivity contribution in [3.8, 4) is 0 Å². The number of benzene rings is 1.